The van der Waals surface area contributed by atoms with E-state index < -0.39 is 23.7 Å². The summed E-state index contributed by atoms with van der Waals surface area (Å²) in [5, 5.41) is 5.17. The van der Waals surface area contributed by atoms with Crippen molar-refractivity contribution < 1.29 is 22.8 Å². The fourth-order valence-electron chi connectivity index (χ4n) is 3.31. The number of benzene rings is 3. The van der Waals surface area contributed by atoms with Crippen LogP contribution in [0.2, 0.25) is 0 Å². The lowest BCUT2D eigenvalue weighted by atomic mass is 10.0. The number of nitrogens with one attached hydrogen (secondary N) is 2. The van der Waals surface area contributed by atoms with Crippen molar-refractivity contribution in [3.05, 3.63) is 95.6 Å². The molecule has 1 unspecified atom stereocenters. The highest BCUT2D eigenvalue weighted by Crippen LogP contribution is 2.37. The Morgan fingerprint density at radius 3 is 2.09 bits per heavy atom. The zero-order valence-electron chi connectivity index (χ0n) is 18.2. The van der Waals surface area contributed by atoms with E-state index in [0.29, 0.717) is 16.8 Å². The minimum atomic E-state index is -4.64. The van der Waals surface area contributed by atoms with Gasteiger partial charge in [-0.05, 0) is 35.9 Å². The molecule has 0 aliphatic heterocycles. The highest BCUT2D eigenvalue weighted by molar-refractivity contribution is 5.96. The molecule has 2 amide bonds. The van der Waals surface area contributed by atoms with Gasteiger partial charge in [-0.2, -0.15) is 13.2 Å². The number of carbonyl (C=O) groups excluding carboxylic acids is 2. The Balaban J connectivity index is 1.82. The predicted molar refractivity (Wildman–Crippen MR) is 122 cm³/mol. The summed E-state index contributed by atoms with van der Waals surface area (Å²) in [5.74, 6) is -1.04. The Hall–Kier alpha value is -3.81. The van der Waals surface area contributed by atoms with E-state index in [1.807, 2.05) is 0 Å². The summed E-state index contributed by atoms with van der Waals surface area (Å²) >= 11 is 0. The summed E-state index contributed by atoms with van der Waals surface area (Å²) in [6.07, 6.45) is -4.88. The number of carbonyl (C=O) groups is 2. The second-order valence-corrected chi connectivity index (χ2v) is 7.68. The number of alkyl halides is 3. The molecule has 0 bridgehead atoms. The molecule has 3 aromatic carbocycles. The lowest BCUT2D eigenvalue weighted by Crippen LogP contribution is -2.31. The molecule has 33 heavy (non-hydrogen) atoms. The molecule has 3 rings (SSSR count). The monoisotopic (exact) mass is 455 g/mol. The van der Waals surface area contributed by atoms with Crippen molar-refractivity contribution in [1.82, 2.24) is 5.32 Å². The molecule has 0 aliphatic rings. The SMILES string of the molecule is CN(C)c1ccc(NC(=O)CC(NC(=O)c2ccccc2)c2ccccc2)c(C(F)(F)F)c1. The van der Waals surface area contributed by atoms with Crippen LogP contribution in [0, 0.1) is 0 Å². The maximum Gasteiger partial charge on any atom is 0.418 e. The quantitative estimate of drug-likeness (QED) is 0.510. The first-order valence-corrected chi connectivity index (χ1v) is 10.2. The number of nitrogens with zero attached hydrogens (tertiary/aromatic N) is 1. The molecule has 0 saturated carbocycles. The molecule has 172 valence electrons. The number of amides is 2. The molecule has 5 nitrogen and oxygen atoms in total. The molecule has 0 fully saturated rings. The molecule has 8 heteroatoms. The molecule has 0 saturated heterocycles. The largest absolute Gasteiger partial charge is 0.418 e. The second kappa shape index (κ2) is 10.2. The summed E-state index contributed by atoms with van der Waals surface area (Å²) in [6, 6.07) is 20.3. The summed E-state index contributed by atoms with van der Waals surface area (Å²) in [7, 11) is 3.27. The first-order chi connectivity index (χ1) is 15.6. The summed E-state index contributed by atoms with van der Waals surface area (Å²) in [5.41, 5.74) is 0.164. The van der Waals surface area contributed by atoms with Crippen LogP contribution in [0.15, 0.2) is 78.9 Å². The maximum atomic E-state index is 13.6. The molecule has 0 radical (unpaired) electrons. The standard InChI is InChI=1S/C25H24F3N3O2/c1-31(2)19-13-14-21(20(15-19)25(26,27)28)29-23(32)16-22(17-9-5-3-6-10-17)30-24(33)18-11-7-4-8-12-18/h3-15,22H,16H2,1-2H3,(H,29,32)(H,30,33). The van der Waals surface area contributed by atoms with E-state index in [-0.39, 0.29) is 18.0 Å². The molecular weight excluding hydrogens is 431 g/mol. The highest BCUT2D eigenvalue weighted by Gasteiger charge is 2.34. The summed E-state index contributed by atoms with van der Waals surface area (Å²) in [4.78, 5) is 27.0. The smallest absolute Gasteiger partial charge is 0.378 e. The van der Waals surface area contributed by atoms with Crippen molar-refractivity contribution in [1.29, 1.82) is 0 Å². The zero-order valence-corrected chi connectivity index (χ0v) is 18.2. The number of halogens is 3. The van der Waals surface area contributed by atoms with Crippen molar-refractivity contribution in [3.8, 4) is 0 Å². The topological polar surface area (TPSA) is 61.4 Å². The van der Waals surface area contributed by atoms with Gasteiger partial charge in [0.2, 0.25) is 5.91 Å². The van der Waals surface area contributed by atoms with Crippen LogP contribution >= 0.6 is 0 Å². The molecular formula is C25H24F3N3O2. The number of rotatable bonds is 7. The third-order valence-electron chi connectivity index (χ3n) is 5.03. The molecule has 1 atom stereocenters. The summed E-state index contributed by atoms with van der Waals surface area (Å²) < 4.78 is 40.8. The first kappa shape index (κ1) is 23.8. The van der Waals surface area contributed by atoms with Gasteiger partial charge in [-0.25, -0.2) is 0 Å². The lowest BCUT2D eigenvalue weighted by Gasteiger charge is -2.21. The van der Waals surface area contributed by atoms with Crippen LogP contribution in [0.4, 0.5) is 24.5 Å². The Morgan fingerprint density at radius 2 is 1.52 bits per heavy atom. The van der Waals surface area contributed by atoms with Crippen molar-refractivity contribution in [3.63, 3.8) is 0 Å². The minimum absolute atomic E-state index is 0.241. The third-order valence-corrected chi connectivity index (χ3v) is 5.03. The first-order valence-electron chi connectivity index (χ1n) is 10.2. The highest BCUT2D eigenvalue weighted by atomic mass is 19.4. The van der Waals surface area contributed by atoms with Crippen molar-refractivity contribution >= 4 is 23.2 Å². The van der Waals surface area contributed by atoms with Gasteiger partial charge >= 0.3 is 6.18 Å². The van der Waals surface area contributed by atoms with Crippen LogP contribution < -0.4 is 15.5 Å². The fraction of sp³-hybridized carbons (Fsp3) is 0.200. The van der Waals surface area contributed by atoms with Gasteiger partial charge < -0.3 is 15.5 Å². The van der Waals surface area contributed by atoms with Crippen LogP contribution in [0.3, 0.4) is 0 Å². The van der Waals surface area contributed by atoms with E-state index in [9.17, 15) is 22.8 Å². The van der Waals surface area contributed by atoms with Crippen molar-refractivity contribution in [2.45, 2.75) is 18.6 Å². The van der Waals surface area contributed by atoms with Crippen LogP contribution in [0.25, 0.3) is 0 Å². The molecule has 0 aliphatic carbocycles. The van der Waals surface area contributed by atoms with Gasteiger partial charge in [0.05, 0.1) is 23.7 Å². The Kier molecular flexibility index (Phi) is 7.37. The summed E-state index contributed by atoms with van der Waals surface area (Å²) in [6.45, 7) is 0. The van der Waals surface area contributed by atoms with E-state index in [1.54, 1.807) is 79.7 Å². The van der Waals surface area contributed by atoms with Crippen LogP contribution in [0.5, 0.6) is 0 Å². The number of anilines is 2. The van der Waals surface area contributed by atoms with E-state index in [2.05, 4.69) is 10.6 Å². The van der Waals surface area contributed by atoms with Crippen LogP contribution in [0.1, 0.15) is 33.9 Å². The van der Waals surface area contributed by atoms with Crippen LogP contribution in [-0.2, 0) is 11.0 Å². The normalized spacial score (nSPS) is 12.0. The maximum absolute atomic E-state index is 13.6. The number of hydrogen-bond donors (Lipinski definition) is 2. The average Bonchev–Trinajstić information content (AvgIpc) is 2.79. The molecule has 3 aromatic rings. The van der Waals surface area contributed by atoms with Gasteiger partial charge in [-0.1, -0.05) is 48.5 Å². The van der Waals surface area contributed by atoms with E-state index >= 15 is 0 Å². The van der Waals surface area contributed by atoms with E-state index in [0.717, 1.165) is 6.07 Å². The predicted octanol–water partition coefficient (Wildman–Crippen LogP) is 5.27. The van der Waals surface area contributed by atoms with Crippen molar-refractivity contribution in [2.75, 3.05) is 24.3 Å². The molecule has 2 N–H and O–H groups in total. The van der Waals surface area contributed by atoms with Gasteiger partial charge in [0.15, 0.2) is 0 Å². The van der Waals surface area contributed by atoms with E-state index in [1.165, 1.54) is 12.1 Å². The number of hydrogen-bond acceptors (Lipinski definition) is 3. The second-order valence-electron chi connectivity index (χ2n) is 7.68. The van der Waals surface area contributed by atoms with Gasteiger partial charge in [-0.15, -0.1) is 0 Å². The Bertz CT molecular complexity index is 1100. The fourth-order valence-corrected chi connectivity index (χ4v) is 3.31. The average molecular weight is 455 g/mol. The Labute approximate surface area is 190 Å². The van der Waals surface area contributed by atoms with Crippen LogP contribution in [-0.4, -0.2) is 25.9 Å². The lowest BCUT2D eigenvalue weighted by molar-refractivity contribution is -0.136. The van der Waals surface area contributed by atoms with Gasteiger partial charge in [0.25, 0.3) is 5.91 Å². The molecule has 0 spiro atoms. The van der Waals surface area contributed by atoms with Gasteiger partial charge in [0, 0.05) is 25.3 Å². The van der Waals surface area contributed by atoms with Gasteiger partial charge in [-0.3, -0.25) is 9.59 Å². The third kappa shape index (κ3) is 6.35. The van der Waals surface area contributed by atoms with E-state index in [4.69, 9.17) is 0 Å². The zero-order chi connectivity index (χ0) is 24.0. The van der Waals surface area contributed by atoms with Crippen molar-refractivity contribution in [2.24, 2.45) is 0 Å². The molecule has 0 aromatic heterocycles. The Morgan fingerprint density at radius 1 is 0.909 bits per heavy atom. The minimum Gasteiger partial charge on any atom is -0.378 e. The van der Waals surface area contributed by atoms with Gasteiger partial charge in [0.1, 0.15) is 0 Å². The molecule has 0 heterocycles.